The number of ketones is 1. The van der Waals surface area contributed by atoms with Crippen molar-refractivity contribution in [2.24, 2.45) is 0 Å². The average Bonchev–Trinajstić information content (AvgIpc) is 3.17. The molecule has 0 atom stereocenters. The van der Waals surface area contributed by atoms with Crippen LogP contribution in [0.15, 0.2) is 66.0 Å². The molecule has 1 amide bonds. The van der Waals surface area contributed by atoms with Crippen molar-refractivity contribution in [1.82, 2.24) is 0 Å². The van der Waals surface area contributed by atoms with Crippen molar-refractivity contribution in [1.29, 1.82) is 0 Å². The Morgan fingerprint density at radius 2 is 1.67 bits per heavy atom. The van der Waals surface area contributed by atoms with Gasteiger partial charge in [-0.1, -0.05) is 30.3 Å². The number of amides is 1. The summed E-state index contributed by atoms with van der Waals surface area (Å²) in [4.78, 5) is 36.1. The minimum Gasteiger partial charge on any atom is -0.451 e. The van der Waals surface area contributed by atoms with Gasteiger partial charge in [0.2, 0.25) is 0 Å². The summed E-state index contributed by atoms with van der Waals surface area (Å²) >= 11 is 1.27. The molecular weight excluding hydrogens is 362 g/mol. The van der Waals surface area contributed by atoms with Gasteiger partial charge in [-0.3, -0.25) is 9.59 Å². The Hall–Kier alpha value is -3.25. The van der Waals surface area contributed by atoms with Crippen LogP contribution in [0.2, 0.25) is 0 Å². The Morgan fingerprint density at radius 3 is 2.33 bits per heavy atom. The Bertz CT molecular complexity index is 961. The minimum absolute atomic E-state index is 0.0491. The summed E-state index contributed by atoms with van der Waals surface area (Å²) in [5.41, 5.74) is 2.79. The molecule has 1 heterocycles. The first-order valence-corrected chi connectivity index (χ1v) is 9.13. The Kier molecular flexibility index (Phi) is 5.78. The molecule has 6 heteroatoms. The fraction of sp³-hybridized carbons (Fsp3) is 0.0952. The summed E-state index contributed by atoms with van der Waals surface area (Å²) in [5.74, 6) is -1.03. The van der Waals surface area contributed by atoms with Gasteiger partial charge in [-0.25, -0.2) is 4.79 Å². The predicted molar refractivity (Wildman–Crippen MR) is 105 cm³/mol. The molecule has 3 rings (SSSR count). The minimum atomic E-state index is -0.536. The first-order valence-electron chi connectivity index (χ1n) is 8.25. The largest absolute Gasteiger partial charge is 0.451 e. The predicted octanol–water partition coefficient (Wildman–Crippen LogP) is 4.41. The second-order valence-corrected chi connectivity index (χ2v) is 6.70. The maximum atomic E-state index is 12.3. The first-order chi connectivity index (χ1) is 13.0. The molecule has 3 aromatic rings. The van der Waals surface area contributed by atoms with Crippen LogP contribution in [0.3, 0.4) is 0 Å². The van der Waals surface area contributed by atoms with E-state index in [9.17, 15) is 14.4 Å². The summed E-state index contributed by atoms with van der Waals surface area (Å²) in [6, 6.07) is 17.9. The van der Waals surface area contributed by atoms with Crippen LogP contribution in [0.1, 0.15) is 27.0 Å². The SMILES string of the molecule is CC(=O)c1ccc(NC(=O)COC(=O)c2sccc2-c2ccccc2)cc1. The van der Waals surface area contributed by atoms with Gasteiger partial charge in [-0.05, 0) is 48.2 Å². The molecule has 0 spiro atoms. The molecule has 27 heavy (non-hydrogen) atoms. The zero-order valence-corrected chi connectivity index (χ0v) is 15.4. The van der Waals surface area contributed by atoms with Crippen LogP contribution >= 0.6 is 11.3 Å². The van der Waals surface area contributed by atoms with E-state index in [1.54, 1.807) is 24.3 Å². The van der Waals surface area contributed by atoms with Crippen LogP contribution in [0, 0.1) is 0 Å². The number of nitrogens with one attached hydrogen (secondary N) is 1. The number of carbonyl (C=O) groups is 3. The molecule has 1 aromatic heterocycles. The third kappa shape index (κ3) is 4.68. The van der Waals surface area contributed by atoms with Crippen LogP contribution in [0.5, 0.6) is 0 Å². The van der Waals surface area contributed by atoms with Gasteiger partial charge in [0, 0.05) is 16.8 Å². The van der Waals surface area contributed by atoms with Crippen LogP contribution in [-0.4, -0.2) is 24.3 Å². The monoisotopic (exact) mass is 379 g/mol. The molecule has 1 N–H and O–H groups in total. The highest BCUT2D eigenvalue weighted by atomic mass is 32.1. The number of ether oxygens (including phenoxy) is 1. The summed E-state index contributed by atoms with van der Waals surface area (Å²) in [6.07, 6.45) is 0. The van der Waals surface area contributed by atoms with Gasteiger partial charge in [0.1, 0.15) is 4.88 Å². The summed E-state index contributed by atoms with van der Waals surface area (Å²) < 4.78 is 5.15. The van der Waals surface area contributed by atoms with Gasteiger partial charge >= 0.3 is 5.97 Å². The highest BCUT2D eigenvalue weighted by molar-refractivity contribution is 7.12. The first kappa shape index (κ1) is 18.5. The van der Waals surface area contributed by atoms with E-state index in [1.165, 1.54) is 18.3 Å². The Morgan fingerprint density at radius 1 is 0.963 bits per heavy atom. The summed E-state index contributed by atoms with van der Waals surface area (Å²) in [5, 5.41) is 4.45. The normalized spacial score (nSPS) is 10.3. The molecule has 0 aliphatic rings. The van der Waals surface area contributed by atoms with Gasteiger partial charge in [0.05, 0.1) is 0 Å². The Balaban J connectivity index is 1.59. The Labute approximate surface area is 160 Å². The van der Waals surface area contributed by atoms with E-state index >= 15 is 0 Å². The van der Waals surface area contributed by atoms with Crippen molar-refractivity contribution in [3.05, 3.63) is 76.5 Å². The van der Waals surface area contributed by atoms with Crippen molar-refractivity contribution in [3.8, 4) is 11.1 Å². The van der Waals surface area contributed by atoms with E-state index in [0.29, 0.717) is 16.1 Å². The molecule has 2 aromatic carbocycles. The fourth-order valence-electron chi connectivity index (χ4n) is 2.49. The molecular formula is C21H17NO4S. The molecule has 0 saturated heterocycles. The highest BCUT2D eigenvalue weighted by Gasteiger charge is 2.17. The maximum Gasteiger partial charge on any atom is 0.349 e. The molecule has 0 aliphatic carbocycles. The van der Waals surface area contributed by atoms with Gasteiger partial charge in [-0.2, -0.15) is 0 Å². The highest BCUT2D eigenvalue weighted by Crippen LogP contribution is 2.28. The maximum absolute atomic E-state index is 12.3. The van der Waals surface area contributed by atoms with Gasteiger partial charge in [-0.15, -0.1) is 11.3 Å². The summed E-state index contributed by atoms with van der Waals surface area (Å²) in [6.45, 7) is 1.08. The van der Waals surface area contributed by atoms with E-state index in [0.717, 1.165) is 11.1 Å². The van der Waals surface area contributed by atoms with Gasteiger partial charge < -0.3 is 10.1 Å². The topological polar surface area (TPSA) is 72.5 Å². The van der Waals surface area contributed by atoms with Gasteiger partial charge in [0.15, 0.2) is 12.4 Å². The molecule has 0 aliphatic heterocycles. The summed E-state index contributed by atoms with van der Waals surface area (Å²) in [7, 11) is 0. The number of carbonyl (C=O) groups excluding carboxylic acids is 3. The van der Waals surface area contributed by atoms with Crippen molar-refractivity contribution >= 4 is 34.7 Å². The van der Waals surface area contributed by atoms with Crippen LogP contribution in [0.25, 0.3) is 11.1 Å². The zero-order chi connectivity index (χ0) is 19.2. The van der Waals surface area contributed by atoms with E-state index < -0.39 is 11.9 Å². The fourth-order valence-corrected chi connectivity index (χ4v) is 3.30. The second kappa shape index (κ2) is 8.42. The lowest BCUT2D eigenvalue weighted by molar-refractivity contribution is -0.119. The number of esters is 1. The van der Waals surface area contributed by atoms with Crippen molar-refractivity contribution < 1.29 is 19.1 Å². The number of anilines is 1. The molecule has 0 unspecified atom stereocenters. The number of thiophene rings is 1. The second-order valence-electron chi connectivity index (χ2n) is 5.79. The number of rotatable bonds is 6. The quantitative estimate of drug-likeness (QED) is 0.508. The average molecular weight is 379 g/mol. The van der Waals surface area contributed by atoms with Crippen LogP contribution in [-0.2, 0) is 9.53 Å². The van der Waals surface area contributed by atoms with Crippen LogP contribution in [0.4, 0.5) is 5.69 Å². The number of Topliss-reactive ketones (excluding diaryl/α,β-unsaturated/α-hetero) is 1. The molecule has 0 saturated carbocycles. The lowest BCUT2D eigenvalue weighted by Crippen LogP contribution is -2.20. The van der Waals surface area contributed by atoms with E-state index in [-0.39, 0.29) is 12.4 Å². The zero-order valence-electron chi connectivity index (χ0n) is 14.6. The molecule has 0 fully saturated rings. The molecule has 0 bridgehead atoms. The van der Waals surface area contributed by atoms with Crippen molar-refractivity contribution in [2.75, 3.05) is 11.9 Å². The molecule has 5 nitrogen and oxygen atoms in total. The smallest absolute Gasteiger partial charge is 0.349 e. The third-order valence-electron chi connectivity index (χ3n) is 3.84. The van der Waals surface area contributed by atoms with Crippen LogP contribution < -0.4 is 5.32 Å². The van der Waals surface area contributed by atoms with E-state index in [2.05, 4.69) is 5.32 Å². The third-order valence-corrected chi connectivity index (χ3v) is 4.74. The van der Waals surface area contributed by atoms with Crippen molar-refractivity contribution in [2.45, 2.75) is 6.92 Å². The number of benzene rings is 2. The lowest BCUT2D eigenvalue weighted by Gasteiger charge is -2.08. The van der Waals surface area contributed by atoms with E-state index in [4.69, 9.17) is 4.74 Å². The standard InChI is InChI=1S/C21H17NO4S/c1-14(23)15-7-9-17(10-8-15)22-19(24)13-26-21(25)20-18(11-12-27-20)16-5-3-2-4-6-16/h2-12H,13H2,1H3,(H,22,24). The molecule has 136 valence electrons. The number of hydrogen-bond donors (Lipinski definition) is 1. The van der Waals surface area contributed by atoms with Crippen molar-refractivity contribution in [3.63, 3.8) is 0 Å². The molecule has 0 radical (unpaired) electrons. The lowest BCUT2D eigenvalue weighted by atomic mass is 10.1. The van der Waals surface area contributed by atoms with Gasteiger partial charge in [0.25, 0.3) is 5.91 Å². The van der Waals surface area contributed by atoms with E-state index in [1.807, 2.05) is 41.8 Å². The number of hydrogen-bond acceptors (Lipinski definition) is 5.